The van der Waals surface area contributed by atoms with Crippen LogP contribution in [0.3, 0.4) is 0 Å². The number of rotatable bonds is 7. The number of aliphatic carboxylic acids is 1. The van der Waals surface area contributed by atoms with Crippen molar-refractivity contribution in [2.45, 2.75) is 51.6 Å². The summed E-state index contributed by atoms with van der Waals surface area (Å²) in [7, 11) is 0. The Balaban J connectivity index is 2.18. The van der Waals surface area contributed by atoms with Gasteiger partial charge in [0.05, 0.1) is 6.10 Å². The highest BCUT2D eigenvalue weighted by molar-refractivity contribution is 5.74. The van der Waals surface area contributed by atoms with Gasteiger partial charge in [-0.1, -0.05) is 13.3 Å². The van der Waals surface area contributed by atoms with Crippen molar-refractivity contribution in [2.24, 2.45) is 5.92 Å². The van der Waals surface area contributed by atoms with Crippen molar-refractivity contribution < 1.29 is 19.8 Å². The molecule has 116 valence electrons. The zero-order valence-electron chi connectivity index (χ0n) is 12.2. The van der Waals surface area contributed by atoms with Crippen LogP contribution in [0.4, 0.5) is 4.79 Å². The number of carboxylic acids is 1. The second kappa shape index (κ2) is 8.79. The Bertz CT molecular complexity index is 314. The van der Waals surface area contributed by atoms with Gasteiger partial charge in [0, 0.05) is 26.1 Å². The minimum atomic E-state index is -0.764. The number of carboxylic acid groups (broad SMARTS) is 1. The van der Waals surface area contributed by atoms with E-state index in [1.807, 2.05) is 6.92 Å². The minimum Gasteiger partial charge on any atom is -0.481 e. The molecule has 1 heterocycles. The molecule has 3 N–H and O–H groups in total. The topological polar surface area (TPSA) is 89.9 Å². The Labute approximate surface area is 120 Å². The number of hydrogen-bond donors (Lipinski definition) is 3. The first-order chi connectivity index (χ1) is 9.52. The fourth-order valence-electron chi connectivity index (χ4n) is 2.44. The molecule has 0 spiro atoms. The van der Waals surface area contributed by atoms with Crippen LogP contribution in [0, 0.1) is 5.92 Å². The molecule has 1 saturated heterocycles. The number of piperidine rings is 1. The van der Waals surface area contributed by atoms with Crippen molar-refractivity contribution in [1.82, 2.24) is 10.2 Å². The van der Waals surface area contributed by atoms with Crippen molar-refractivity contribution in [3.8, 4) is 0 Å². The van der Waals surface area contributed by atoms with E-state index in [1.54, 1.807) is 4.90 Å². The summed E-state index contributed by atoms with van der Waals surface area (Å²) in [5.74, 6) is -0.422. The van der Waals surface area contributed by atoms with Crippen molar-refractivity contribution in [1.29, 1.82) is 0 Å². The third-order valence-electron chi connectivity index (χ3n) is 3.92. The summed E-state index contributed by atoms with van der Waals surface area (Å²) >= 11 is 0. The van der Waals surface area contributed by atoms with Gasteiger partial charge in [0.25, 0.3) is 0 Å². The Hall–Kier alpha value is -1.30. The van der Waals surface area contributed by atoms with Crippen LogP contribution >= 0.6 is 0 Å². The van der Waals surface area contributed by atoms with Gasteiger partial charge >= 0.3 is 12.0 Å². The first-order valence-electron chi connectivity index (χ1n) is 7.45. The molecule has 1 aliphatic heterocycles. The number of amides is 2. The molecule has 0 aromatic rings. The van der Waals surface area contributed by atoms with Crippen LogP contribution in [0.1, 0.15) is 45.4 Å². The molecule has 20 heavy (non-hydrogen) atoms. The van der Waals surface area contributed by atoms with E-state index < -0.39 is 5.97 Å². The summed E-state index contributed by atoms with van der Waals surface area (Å²) in [6, 6.07) is -0.0787. The van der Waals surface area contributed by atoms with Gasteiger partial charge in [-0.25, -0.2) is 4.79 Å². The highest BCUT2D eigenvalue weighted by atomic mass is 16.4. The number of nitrogens with one attached hydrogen (secondary N) is 1. The average molecular weight is 286 g/mol. The third-order valence-corrected chi connectivity index (χ3v) is 3.92. The molecule has 1 atom stereocenters. The van der Waals surface area contributed by atoms with Crippen LogP contribution in [0.15, 0.2) is 0 Å². The standard InChI is InChI=1S/C14H26N2O4/c1-2-11(3-4-13(18)19)5-8-15-14(20)16-9-6-12(17)7-10-16/h11-12,17H,2-10H2,1H3,(H,15,20)(H,18,19). The number of carbonyl (C=O) groups is 2. The normalized spacial score (nSPS) is 17.8. The van der Waals surface area contributed by atoms with Gasteiger partial charge in [-0.2, -0.15) is 0 Å². The zero-order valence-corrected chi connectivity index (χ0v) is 12.2. The summed E-state index contributed by atoms with van der Waals surface area (Å²) in [5, 5.41) is 20.9. The lowest BCUT2D eigenvalue weighted by Crippen LogP contribution is -2.45. The van der Waals surface area contributed by atoms with E-state index in [1.165, 1.54) is 0 Å². The number of urea groups is 1. The summed E-state index contributed by atoms with van der Waals surface area (Å²) in [6.07, 6.45) is 3.60. The molecule has 0 bridgehead atoms. The molecule has 0 aliphatic carbocycles. The Morgan fingerprint density at radius 1 is 1.30 bits per heavy atom. The van der Waals surface area contributed by atoms with Gasteiger partial charge in [-0.05, 0) is 31.6 Å². The molecule has 1 aliphatic rings. The molecular formula is C14H26N2O4. The van der Waals surface area contributed by atoms with Crippen LogP contribution in [-0.2, 0) is 4.79 Å². The average Bonchev–Trinajstić information content (AvgIpc) is 2.42. The predicted molar refractivity (Wildman–Crippen MR) is 75.5 cm³/mol. The number of likely N-dealkylation sites (tertiary alicyclic amines) is 1. The lowest BCUT2D eigenvalue weighted by atomic mass is 9.97. The van der Waals surface area contributed by atoms with E-state index in [2.05, 4.69) is 5.32 Å². The second-order valence-corrected chi connectivity index (χ2v) is 5.45. The summed E-state index contributed by atoms with van der Waals surface area (Å²) in [4.78, 5) is 24.1. The number of aliphatic hydroxyl groups excluding tert-OH is 1. The maximum atomic E-state index is 11.9. The van der Waals surface area contributed by atoms with Gasteiger partial charge < -0.3 is 20.4 Å². The van der Waals surface area contributed by atoms with Gasteiger partial charge in [-0.3, -0.25) is 4.79 Å². The lowest BCUT2D eigenvalue weighted by Gasteiger charge is -2.29. The van der Waals surface area contributed by atoms with Gasteiger partial charge in [0.15, 0.2) is 0 Å². The first-order valence-corrected chi connectivity index (χ1v) is 7.45. The van der Waals surface area contributed by atoms with E-state index in [-0.39, 0.29) is 18.6 Å². The van der Waals surface area contributed by atoms with Crippen LogP contribution in [-0.4, -0.2) is 52.9 Å². The Kier molecular flexibility index (Phi) is 7.36. The van der Waals surface area contributed by atoms with Crippen molar-refractivity contribution in [2.75, 3.05) is 19.6 Å². The van der Waals surface area contributed by atoms with Crippen LogP contribution < -0.4 is 5.32 Å². The van der Waals surface area contributed by atoms with Crippen molar-refractivity contribution in [3.63, 3.8) is 0 Å². The number of carbonyl (C=O) groups excluding carboxylic acids is 1. The van der Waals surface area contributed by atoms with E-state index in [0.717, 1.165) is 12.8 Å². The van der Waals surface area contributed by atoms with Crippen LogP contribution in [0.25, 0.3) is 0 Å². The van der Waals surface area contributed by atoms with Gasteiger partial charge in [0.1, 0.15) is 0 Å². The molecule has 1 rings (SSSR count). The van der Waals surface area contributed by atoms with E-state index in [0.29, 0.717) is 44.8 Å². The van der Waals surface area contributed by atoms with Crippen LogP contribution in [0.5, 0.6) is 0 Å². The second-order valence-electron chi connectivity index (χ2n) is 5.45. The lowest BCUT2D eigenvalue weighted by molar-refractivity contribution is -0.137. The van der Waals surface area contributed by atoms with Crippen molar-refractivity contribution in [3.05, 3.63) is 0 Å². The maximum Gasteiger partial charge on any atom is 0.317 e. The summed E-state index contributed by atoms with van der Waals surface area (Å²) in [5.41, 5.74) is 0. The third kappa shape index (κ3) is 6.23. The molecular weight excluding hydrogens is 260 g/mol. The molecule has 1 fully saturated rings. The molecule has 0 aromatic carbocycles. The summed E-state index contributed by atoms with van der Waals surface area (Å²) < 4.78 is 0. The Morgan fingerprint density at radius 3 is 2.50 bits per heavy atom. The van der Waals surface area contributed by atoms with E-state index in [9.17, 15) is 14.7 Å². The Morgan fingerprint density at radius 2 is 1.95 bits per heavy atom. The first kappa shape index (κ1) is 16.8. The fourth-order valence-corrected chi connectivity index (χ4v) is 2.44. The molecule has 0 radical (unpaired) electrons. The number of nitrogens with zero attached hydrogens (tertiary/aromatic N) is 1. The smallest absolute Gasteiger partial charge is 0.317 e. The fraction of sp³-hybridized carbons (Fsp3) is 0.857. The highest BCUT2D eigenvalue weighted by Crippen LogP contribution is 2.15. The van der Waals surface area contributed by atoms with E-state index >= 15 is 0 Å². The molecule has 6 heteroatoms. The zero-order chi connectivity index (χ0) is 15.0. The number of hydrogen-bond acceptors (Lipinski definition) is 3. The molecule has 2 amide bonds. The molecule has 1 unspecified atom stereocenters. The molecule has 6 nitrogen and oxygen atoms in total. The van der Waals surface area contributed by atoms with Crippen molar-refractivity contribution >= 4 is 12.0 Å². The van der Waals surface area contributed by atoms with Crippen LogP contribution in [0.2, 0.25) is 0 Å². The maximum absolute atomic E-state index is 11.9. The SMILES string of the molecule is CCC(CCNC(=O)N1CCC(O)CC1)CCC(=O)O. The predicted octanol–water partition coefficient (Wildman–Crippen LogP) is 1.43. The number of aliphatic hydroxyl groups is 1. The monoisotopic (exact) mass is 286 g/mol. The molecule has 0 aromatic heterocycles. The highest BCUT2D eigenvalue weighted by Gasteiger charge is 2.21. The van der Waals surface area contributed by atoms with E-state index in [4.69, 9.17) is 5.11 Å². The summed E-state index contributed by atoms with van der Waals surface area (Å²) in [6.45, 7) is 3.82. The van der Waals surface area contributed by atoms with Gasteiger partial charge in [0.2, 0.25) is 0 Å². The molecule has 0 saturated carbocycles. The minimum absolute atomic E-state index is 0.0787. The quantitative estimate of drug-likeness (QED) is 0.660. The largest absolute Gasteiger partial charge is 0.481 e. The van der Waals surface area contributed by atoms with Gasteiger partial charge in [-0.15, -0.1) is 0 Å².